The first-order chi connectivity index (χ1) is 14.6. The molecule has 7 heteroatoms. The van der Waals surface area contributed by atoms with E-state index in [1.807, 2.05) is 0 Å². The smallest absolute Gasteiger partial charge is 0.266 e. The van der Waals surface area contributed by atoms with Crippen molar-refractivity contribution < 1.29 is 9.59 Å². The zero-order valence-corrected chi connectivity index (χ0v) is 18.4. The van der Waals surface area contributed by atoms with E-state index in [-0.39, 0.29) is 29.9 Å². The number of nitrogens with one attached hydrogen (secondary N) is 1. The van der Waals surface area contributed by atoms with Gasteiger partial charge >= 0.3 is 0 Å². The van der Waals surface area contributed by atoms with Crippen LogP contribution in [0, 0.1) is 0 Å². The van der Waals surface area contributed by atoms with Crippen LogP contribution in [0.25, 0.3) is 0 Å². The fourth-order valence-electron chi connectivity index (χ4n) is 6.25. The van der Waals surface area contributed by atoms with Gasteiger partial charge in [0.25, 0.3) is 5.91 Å². The van der Waals surface area contributed by atoms with E-state index < -0.39 is 0 Å². The van der Waals surface area contributed by atoms with Gasteiger partial charge in [0.05, 0.1) is 12.1 Å². The molecule has 0 radical (unpaired) electrons. The monoisotopic (exact) mass is 417 g/mol. The van der Waals surface area contributed by atoms with Crippen molar-refractivity contribution in [3.8, 4) is 0 Å². The quantitative estimate of drug-likeness (QED) is 0.542. The van der Waals surface area contributed by atoms with E-state index in [9.17, 15) is 9.59 Å². The molecule has 0 aromatic carbocycles. The fourth-order valence-corrected chi connectivity index (χ4v) is 6.25. The van der Waals surface area contributed by atoms with Crippen LogP contribution < -0.4 is 11.1 Å². The number of rotatable bonds is 4. The van der Waals surface area contributed by atoms with E-state index in [2.05, 4.69) is 20.1 Å². The molecule has 0 unspecified atom stereocenters. The molecule has 7 nitrogen and oxygen atoms in total. The maximum atomic E-state index is 12.9. The first-order valence-corrected chi connectivity index (χ1v) is 12.3. The second-order valence-electron chi connectivity index (χ2n) is 9.70. The molecule has 4 rings (SSSR count). The predicted molar refractivity (Wildman–Crippen MR) is 118 cm³/mol. The number of amides is 2. The van der Waals surface area contributed by atoms with Crippen LogP contribution in [0.4, 0.5) is 0 Å². The van der Waals surface area contributed by atoms with Crippen LogP contribution in [0.1, 0.15) is 89.9 Å². The fraction of sp³-hybridized carbons (Fsp3) is 0.870. The van der Waals surface area contributed by atoms with Crippen molar-refractivity contribution in [2.75, 3.05) is 13.1 Å². The first kappa shape index (κ1) is 21.8. The molecule has 2 saturated carbocycles. The van der Waals surface area contributed by atoms with E-state index in [1.54, 1.807) is 0 Å². The van der Waals surface area contributed by atoms with Crippen LogP contribution in [-0.2, 0) is 9.59 Å². The topological polar surface area (TPSA) is 91.0 Å². The molecule has 0 aromatic heterocycles. The van der Waals surface area contributed by atoms with E-state index in [0.717, 1.165) is 38.8 Å². The molecular formula is C23H39N5O2. The molecule has 0 bridgehead atoms. The predicted octanol–water partition coefficient (Wildman–Crippen LogP) is 2.54. The lowest BCUT2D eigenvalue weighted by atomic mass is 9.93. The van der Waals surface area contributed by atoms with E-state index in [4.69, 9.17) is 5.73 Å². The van der Waals surface area contributed by atoms with Crippen molar-refractivity contribution in [3.63, 3.8) is 0 Å². The summed E-state index contributed by atoms with van der Waals surface area (Å²) in [7, 11) is 0. The minimum atomic E-state index is -0.188. The molecule has 4 fully saturated rings. The van der Waals surface area contributed by atoms with Gasteiger partial charge in [-0.2, -0.15) is 4.99 Å². The Morgan fingerprint density at radius 2 is 1.20 bits per heavy atom. The third-order valence-corrected chi connectivity index (χ3v) is 7.75. The van der Waals surface area contributed by atoms with Gasteiger partial charge in [-0.3, -0.25) is 24.7 Å². The highest BCUT2D eigenvalue weighted by Crippen LogP contribution is 2.30. The van der Waals surface area contributed by atoms with Gasteiger partial charge in [-0.15, -0.1) is 0 Å². The zero-order valence-electron chi connectivity index (χ0n) is 18.4. The summed E-state index contributed by atoms with van der Waals surface area (Å²) in [6.45, 7) is 1.96. The average molecular weight is 418 g/mol. The van der Waals surface area contributed by atoms with Crippen molar-refractivity contribution >= 4 is 17.8 Å². The van der Waals surface area contributed by atoms with E-state index in [1.165, 1.54) is 64.2 Å². The van der Waals surface area contributed by atoms with Gasteiger partial charge < -0.3 is 5.73 Å². The van der Waals surface area contributed by atoms with Gasteiger partial charge in [-0.25, -0.2) is 0 Å². The van der Waals surface area contributed by atoms with Crippen molar-refractivity contribution in [2.24, 2.45) is 10.7 Å². The number of guanidine groups is 1. The Morgan fingerprint density at radius 1 is 0.700 bits per heavy atom. The van der Waals surface area contributed by atoms with Crippen LogP contribution in [0.15, 0.2) is 4.99 Å². The number of carbonyl (C=O) groups excluding carboxylic acids is 2. The third-order valence-electron chi connectivity index (χ3n) is 7.75. The third kappa shape index (κ3) is 5.05. The van der Waals surface area contributed by atoms with Gasteiger partial charge in [-0.1, -0.05) is 38.5 Å². The average Bonchev–Trinajstić information content (AvgIpc) is 3.45. The highest BCUT2D eigenvalue weighted by Gasteiger charge is 2.37. The van der Waals surface area contributed by atoms with Crippen LogP contribution in [-0.4, -0.2) is 64.8 Å². The highest BCUT2D eigenvalue weighted by molar-refractivity contribution is 6.03. The highest BCUT2D eigenvalue weighted by atomic mass is 16.2. The number of hydrogen-bond acceptors (Lipinski definition) is 4. The molecule has 0 spiro atoms. The summed E-state index contributed by atoms with van der Waals surface area (Å²) < 4.78 is 0. The standard InChI is InChI=1S/C23H39N5O2/c24-23(25-21(29)19-13-7-15-27(19)17-9-3-1-4-10-17)26-22(30)20-14-8-16-28(20)18-11-5-2-6-12-18/h17-20H,1-16H2,(H3,24,25,26,29,30)/t19-,20-/m0/s1. The normalized spacial score (nSPS) is 30.6. The SMILES string of the molecule is NC(=NC(=O)[C@@H]1CCCN1C1CCCCC1)NC(=O)[C@@H]1CCCN1C1CCCCC1. The number of likely N-dealkylation sites (tertiary alicyclic amines) is 2. The van der Waals surface area contributed by atoms with Gasteiger partial charge in [0.1, 0.15) is 0 Å². The number of nitrogens with zero attached hydrogens (tertiary/aromatic N) is 3. The molecule has 0 aromatic rings. The van der Waals surface area contributed by atoms with Crippen molar-refractivity contribution in [1.29, 1.82) is 0 Å². The molecule has 4 aliphatic rings. The molecule has 30 heavy (non-hydrogen) atoms. The molecule has 168 valence electrons. The molecule has 2 amide bonds. The summed E-state index contributed by atoms with van der Waals surface area (Å²) in [5.74, 6) is -0.315. The molecular weight excluding hydrogens is 378 g/mol. The second-order valence-corrected chi connectivity index (χ2v) is 9.70. The molecule has 2 aliphatic carbocycles. The first-order valence-electron chi connectivity index (χ1n) is 12.3. The Kier molecular flexibility index (Phi) is 7.41. The largest absolute Gasteiger partial charge is 0.369 e. The summed E-state index contributed by atoms with van der Waals surface area (Å²) in [6, 6.07) is 0.707. The lowest BCUT2D eigenvalue weighted by Gasteiger charge is -2.35. The lowest BCUT2D eigenvalue weighted by Crippen LogP contribution is -2.51. The van der Waals surface area contributed by atoms with Crippen LogP contribution in [0.3, 0.4) is 0 Å². The van der Waals surface area contributed by atoms with Gasteiger partial charge in [0.15, 0.2) is 0 Å². The lowest BCUT2D eigenvalue weighted by molar-refractivity contribution is -0.125. The number of nitrogens with two attached hydrogens (primary N) is 1. The summed E-state index contributed by atoms with van der Waals surface area (Å²) in [4.78, 5) is 34.6. The van der Waals surface area contributed by atoms with Gasteiger partial charge in [0, 0.05) is 12.1 Å². The molecule has 3 N–H and O–H groups in total. The Balaban J connectivity index is 1.33. The van der Waals surface area contributed by atoms with Gasteiger partial charge in [0.2, 0.25) is 11.9 Å². The molecule has 2 atom stereocenters. The number of aliphatic imine (C=N–C) groups is 1. The molecule has 2 heterocycles. The summed E-state index contributed by atoms with van der Waals surface area (Å²) in [5, 5.41) is 2.75. The summed E-state index contributed by atoms with van der Waals surface area (Å²) in [6.07, 6.45) is 16.1. The van der Waals surface area contributed by atoms with Crippen molar-refractivity contribution in [2.45, 2.75) is 114 Å². The summed E-state index contributed by atoms with van der Waals surface area (Å²) in [5.41, 5.74) is 6.02. The zero-order chi connectivity index (χ0) is 20.9. The minimum absolute atomic E-state index is 0.0315. The maximum Gasteiger partial charge on any atom is 0.266 e. The van der Waals surface area contributed by atoms with Crippen LogP contribution in [0.2, 0.25) is 0 Å². The Labute approximate surface area is 180 Å². The van der Waals surface area contributed by atoms with Crippen molar-refractivity contribution in [1.82, 2.24) is 15.1 Å². The maximum absolute atomic E-state index is 12.9. The van der Waals surface area contributed by atoms with Crippen LogP contribution >= 0.6 is 0 Å². The van der Waals surface area contributed by atoms with E-state index >= 15 is 0 Å². The Morgan fingerprint density at radius 3 is 1.77 bits per heavy atom. The molecule has 2 saturated heterocycles. The minimum Gasteiger partial charge on any atom is -0.369 e. The Hall–Kier alpha value is -1.47. The number of carbonyl (C=O) groups is 2. The number of hydrogen-bond donors (Lipinski definition) is 2. The van der Waals surface area contributed by atoms with Crippen molar-refractivity contribution in [3.05, 3.63) is 0 Å². The second kappa shape index (κ2) is 10.2. The van der Waals surface area contributed by atoms with Gasteiger partial charge in [-0.05, 0) is 64.5 Å². The molecule has 2 aliphatic heterocycles. The van der Waals surface area contributed by atoms with E-state index in [0.29, 0.717) is 12.1 Å². The summed E-state index contributed by atoms with van der Waals surface area (Å²) >= 11 is 0. The van der Waals surface area contributed by atoms with Crippen LogP contribution in [0.5, 0.6) is 0 Å². The Bertz CT molecular complexity index is 640.